The van der Waals surface area contributed by atoms with Gasteiger partial charge in [0.2, 0.25) is 5.89 Å². The number of rotatable bonds is 7. The van der Waals surface area contributed by atoms with Crippen molar-refractivity contribution in [1.29, 1.82) is 0 Å². The van der Waals surface area contributed by atoms with E-state index >= 15 is 0 Å². The second kappa shape index (κ2) is 9.79. The minimum Gasteiger partial charge on any atom is -0.497 e. The highest BCUT2D eigenvalue weighted by Crippen LogP contribution is 2.34. The van der Waals surface area contributed by atoms with E-state index in [2.05, 4.69) is 21.4 Å². The fraction of sp³-hybridized carbons (Fsp3) is 0.231. The van der Waals surface area contributed by atoms with E-state index in [4.69, 9.17) is 13.6 Å². The highest BCUT2D eigenvalue weighted by molar-refractivity contribution is 7.99. The predicted octanol–water partition coefficient (Wildman–Crippen LogP) is 5.43. The summed E-state index contributed by atoms with van der Waals surface area (Å²) in [6, 6.07) is 17.1. The minimum atomic E-state index is -0.316. The highest BCUT2D eigenvalue weighted by Gasteiger charge is 2.35. The molecule has 2 aromatic carbocycles. The molecule has 9 heteroatoms. The monoisotopic (exact) mass is 488 g/mol. The summed E-state index contributed by atoms with van der Waals surface area (Å²) in [7, 11) is 1.63. The molecule has 178 valence electrons. The maximum Gasteiger partial charge on any atom is 0.277 e. The molecular formula is C26H24N4O4S. The third-order valence-corrected chi connectivity index (χ3v) is 6.46. The Balaban J connectivity index is 1.32. The van der Waals surface area contributed by atoms with Crippen LogP contribution in [0.2, 0.25) is 0 Å². The van der Waals surface area contributed by atoms with Crippen LogP contribution in [0.4, 0.5) is 0 Å². The number of carbonyl (C=O) groups is 1. The Kier molecular flexibility index (Phi) is 6.41. The Morgan fingerprint density at radius 1 is 1.09 bits per heavy atom. The normalized spacial score (nSPS) is 15.3. The number of ether oxygens (including phenoxy) is 1. The molecule has 0 saturated heterocycles. The van der Waals surface area contributed by atoms with Crippen molar-refractivity contribution < 1.29 is 18.4 Å². The largest absolute Gasteiger partial charge is 0.497 e. The molecule has 1 unspecified atom stereocenters. The molecule has 0 spiro atoms. The van der Waals surface area contributed by atoms with Gasteiger partial charge in [0, 0.05) is 12.0 Å². The van der Waals surface area contributed by atoms with E-state index in [1.165, 1.54) is 16.8 Å². The quantitative estimate of drug-likeness (QED) is 0.320. The van der Waals surface area contributed by atoms with Gasteiger partial charge in [0.05, 0.1) is 24.8 Å². The summed E-state index contributed by atoms with van der Waals surface area (Å²) in [5.74, 6) is 1.81. The summed E-state index contributed by atoms with van der Waals surface area (Å²) in [5.41, 5.74) is 4.83. The van der Waals surface area contributed by atoms with Gasteiger partial charge in [0.15, 0.2) is 0 Å². The van der Waals surface area contributed by atoms with Gasteiger partial charge in [-0.15, -0.1) is 10.2 Å². The molecular weight excluding hydrogens is 464 g/mol. The molecule has 2 aromatic heterocycles. The van der Waals surface area contributed by atoms with Crippen LogP contribution in [0.25, 0.3) is 11.5 Å². The zero-order chi connectivity index (χ0) is 24.4. The first-order chi connectivity index (χ1) is 17.0. The van der Waals surface area contributed by atoms with Gasteiger partial charge < -0.3 is 13.6 Å². The van der Waals surface area contributed by atoms with Crippen LogP contribution >= 0.6 is 11.8 Å². The average molecular weight is 489 g/mol. The molecule has 1 amide bonds. The molecule has 0 radical (unpaired) electrons. The Morgan fingerprint density at radius 3 is 2.54 bits per heavy atom. The second-order valence-electron chi connectivity index (χ2n) is 8.29. The number of furan rings is 1. The lowest BCUT2D eigenvalue weighted by Gasteiger charge is -2.19. The van der Waals surface area contributed by atoms with E-state index in [0.717, 1.165) is 33.7 Å². The van der Waals surface area contributed by atoms with Crippen LogP contribution in [0.15, 0.2) is 80.0 Å². The van der Waals surface area contributed by atoms with Gasteiger partial charge in [-0.2, -0.15) is 5.10 Å². The smallest absolute Gasteiger partial charge is 0.277 e. The topological polar surface area (TPSA) is 94.0 Å². The van der Waals surface area contributed by atoms with Crippen LogP contribution in [-0.4, -0.2) is 39.7 Å². The Hall–Kier alpha value is -3.85. The number of nitrogens with zero attached hydrogens (tertiary/aromatic N) is 4. The summed E-state index contributed by atoms with van der Waals surface area (Å²) in [6.07, 6.45) is 2.15. The molecule has 35 heavy (non-hydrogen) atoms. The number of benzene rings is 2. The van der Waals surface area contributed by atoms with E-state index in [1.54, 1.807) is 13.4 Å². The predicted molar refractivity (Wildman–Crippen MR) is 132 cm³/mol. The lowest BCUT2D eigenvalue weighted by atomic mass is 10.0. The third-order valence-electron chi connectivity index (χ3n) is 5.65. The Bertz CT molecular complexity index is 1340. The van der Waals surface area contributed by atoms with Crippen molar-refractivity contribution in [3.05, 3.63) is 83.3 Å². The number of hydrogen-bond acceptors (Lipinski definition) is 8. The summed E-state index contributed by atoms with van der Waals surface area (Å²) in [4.78, 5) is 13.2. The fourth-order valence-electron chi connectivity index (χ4n) is 4.07. The molecule has 3 heterocycles. The lowest BCUT2D eigenvalue weighted by molar-refractivity contribution is -0.130. The third kappa shape index (κ3) is 5.00. The number of carbonyl (C=O) groups excluding carboxylic acids is 1. The van der Waals surface area contributed by atoms with Crippen LogP contribution in [0.3, 0.4) is 0 Å². The number of aryl methyl sites for hydroxylation is 2. The van der Waals surface area contributed by atoms with Gasteiger partial charge in [-0.25, -0.2) is 5.01 Å². The minimum absolute atomic E-state index is 0.102. The average Bonchev–Trinajstić information content (AvgIpc) is 3.62. The number of aromatic nitrogens is 2. The van der Waals surface area contributed by atoms with E-state index in [1.807, 2.05) is 62.4 Å². The van der Waals surface area contributed by atoms with Crippen molar-refractivity contribution >= 4 is 23.4 Å². The number of hydrazone groups is 1. The maximum atomic E-state index is 13.2. The Morgan fingerprint density at radius 2 is 1.86 bits per heavy atom. The van der Waals surface area contributed by atoms with Crippen LogP contribution in [-0.2, 0) is 4.79 Å². The van der Waals surface area contributed by atoms with Crippen molar-refractivity contribution in [3.8, 4) is 17.2 Å². The van der Waals surface area contributed by atoms with Crippen molar-refractivity contribution in [2.45, 2.75) is 31.5 Å². The number of methoxy groups -OCH3 is 1. The van der Waals surface area contributed by atoms with E-state index < -0.39 is 0 Å². The number of thioether (sulfide) groups is 1. The summed E-state index contributed by atoms with van der Waals surface area (Å²) in [5, 5.41) is 14.7. The van der Waals surface area contributed by atoms with Crippen molar-refractivity contribution in [3.63, 3.8) is 0 Å². The summed E-state index contributed by atoms with van der Waals surface area (Å²) in [6.45, 7) is 4.04. The standard InChI is InChI=1S/C26H24N4O4S/c1-16-11-17(2)13-19(12-16)25-27-28-26(34-25)35-15-24(31)30-22(23-5-4-10-33-23)14-21(29-30)18-6-8-20(32-3)9-7-18/h4-13,22H,14-15H2,1-3H3. The summed E-state index contributed by atoms with van der Waals surface area (Å²) < 4.78 is 16.7. The van der Waals surface area contributed by atoms with Gasteiger partial charge in [-0.3, -0.25) is 4.79 Å². The molecule has 1 atom stereocenters. The van der Waals surface area contributed by atoms with Gasteiger partial charge >= 0.3 is 0 Å². The van der Waals surface area contributed by atoms with Crippen molar-refractivity contribution in [2.24, 2.45) is 5.10 Å². The van der Waals surface area contributed by atoms with Crippen LogP contribution in [0, 0.1) is 13.8 Å². The van der Waals surface area contributed by atoms with Crippen molar-refractivity contribution in [1.82, 2.24) is 15.2 Å². The molecule has 0 saturated carbocycles. The molecule has 1 aliphatic heterocycles. The van der Waals surface area contributed by atoms with Crippen LogP contribution in [0.5, 0.6) is 5.75 Å². The Labute approximate surface area is 207 Å². The molecule has 0 fully saturated rings. The summed E-state index contributed by atoms with van der Waals surface area (Å²) >= 11 is 1.19. The van der Waals surface area contributed by atoms with Crippen molar-refractivity contribution in [2.75, 3.05) is 12.9 Å². The van der Waals surface area contributed by atoms with E-state index in [9.17, 15) is 4.79 Å². The fourth-order valence-corrected chi connectivity index (χ4v) is 4.69. The first-order valence-corrected chi connectivity index (χ1v) is 12.1. The van der Waals surface area contributed by atoms with Gasteiger partial charge in [-0.1, -0.05) is 29.0 Å². The van der Waals surface area contributed by atoms with Crippen LogP contribution in [0.1, 0.15) is 34.9 Å². The highest BCUT2D eigenvalue weighted by atomic mass is 32.2. The van der Waals surface area contributed by atoms with E-state index in [-0.39, 0.29) is 17.7 Å². The lowest BCUT2D eigenvalue weighted by Crippen LogP contribution is -2.28. The SMILES string of the molecule is COc1ccc(C2=NN(C(=O)CSc3nnc(-c4cc(C)cc(C)c4)o3)C(c3ccco3)C2)cc1. The first kappa shape index (κ1) is 22.9. The van der Waals surface area contributed by atoms with Crippen LogP contribution < -0.4 is 4.74 Å². The molecule has 5 rings (SSSR count). The zero-order valence-corrected chi connectivity index (χ0v) is 20.4. The number of hydrogen-bond donors (Lipinski definition) is 0. The van der Waals surface area contributed by atoms with Gasteiger partial charge in [0.25, 0.3) is 11.1 Å². The first-order valence-electron chi connectivity index (χ1n) is 11.1. The molecule has 8 nitrogen and oxygen atoms in total. The van der Waals surface area contributed by atoms with Gasteiger partial charge in [0.1, 0.15) is 17.6 Å². The molecule has 0 bridgehead atoms. The zero-order valence-electron chi connectivity index (χ0n) is 19.6. The molecule has 0 N–H and O–H groups in total. The maximum absolute atomic E-state index is 13.2. The molecule has 4 aromatic rings. The van der Waals surface area contributed by atoms with E-state index in [0.29, 0.717) is 23.3 Å². The van der Waals surface area contributed by atoms with Gasteiger partial charge in [-0.05, 0) is 67.9 Å². The molecule has 1 aliphatic rings. The second-order valence-corrected chi connectivity index (χ2v) is 9.21. The number of amides is 1. The molecule has 0 aliphatic carbocycles.